The Kier molecular flexibility index (Phi) is 12.2. The number of rotatable bonds is 14. The van der Waals surface area contributed by atoms with Crippen molar-refractivity contribution in [2.75, 3.05) is 0 Å². The molecule has 3 rings (SSSR count). The van der Waals surface area contributed by atoms with Crippen molar-refractivity contribution < 1.29 is 14.3 Å². The van der Waals surface area contributed by atoms with E-state index >= 15 is 0 Å². The highest BCUT2D eigenvalue weighted by molar-refractivity contribution is 5.69. The van der Waals surface area contributed by atoms with E-state index in [1.807, 2.05) is 0 Å². The zero-order valence-corrected chi connectivity index (χ0v) is 21.2. The second-order valence-electron chi connectivity index (χ2n) is 10.4. The minimum atomic E-state index is 0.00413. The van der Waals surface area contributed by atoms with Gasteiger partial charge < -0.3 is 9.47 Å². The van der Waals surface area contributed by atoms with Crippen LogP contribution in [0.1, 0.15) is 140 Å². The van der Waals surface area contributed by atoms with Crippen LogP contribution >= 0.6 is 0 Å². The second kappa shape index (κ2) is 15.4. The van der Waals surface area contributed by atoms with Crippen molar-refractivity contribution in [2.24, 2.45) is 0 Å². The van der Waals surface area contributed by atoms with E-state index < -0.39 is 0 Å². The van der Waals surface area contributed by atoms with Crippen LogP contribution in [0.15, 0.2) is 24.3 Å². The van der Waals surface area contributed by atoms with Gasteiger partial charge in [0.25, 0.3) is 0 Å². The molecule has 3 heteroatoms. The molecule has 0 radical (unpaired) electrons. The molecule has 1 aromatic carbocycles. The number of hydrogen-bond donors (Lipinski definition) is 0. The molecule has 2 atom stereocenters. The Morgan fingerprint density at radius 1 is 0.818 bits per heavy atom. The molecular weight excluding hydrogens is 408 g/mol. The lowest BCUT2D eigenvalue weighted by atomic mass is 9.81. The Hall–Kier alpha value is -1.51. The number of ether oxygens (including phenoxy) is 2. The quantitative estimate of drug-likeness (QED) is 0.207. The van der Waals surface area contributed by atoms with Crippen LogP contribution in [-0.4, -0.2) is 18.2 Å². The van der Waals surface area contributed by atoms with Gasteiger partial charge in [0.15, 0.2) is 0 Å². The standard InChI is InChI=1S/C30H48O3/c1-2-3-4-5-6-7-8-9-13-23-30(31)33-29-22-15-14-21-28(29)25-17-16-20-27(24-25)32-26-18-11-10-12-19-26/h16-17,20,24,26,28-29H,2-15,18-19,21-23H2,1H3/t28-,29+/m1/s1. The van der Waals surface area contributed by atoms with Gasteiger partial charge in [-0.3, -0.25) is 4.79 Å². The summed E-state index contributed by atoms with van der Waals surface area (Å²) in [6.45, 7) is 2.26. The summed E-state index contributed by atoms with van der Waals surface area (Å²) in [5, 5.41) is 0. The number of esters is 1. The highest BCUT2D eigenvalue weighted by atomic mass is 16.5. The number of carbonyl (C=O) groups excluding carboxylic acids is 1. The van der Waals surface area contributed by atoms with E-state index in [-0.39, 0.29) is 12.1 Å². The maximum Gasteiger partial charge on any atom is 0.306 e. The molecule has 2 fully saturated rings. The third-order valence-electron chi connectivity index (χ3n) is 7.61. The summed E-state index contributed by atoms with van der Waals surface area (Å²) in [6.07, 6.45) is 23.1. The van der Waals surface area contributed by atoms with Gasteiger partial charge >= 0.3 is 5.97 Å². The molecule has 0 amide bonds. The molecule has 0 aliphatic heterocycles. The van der Waals surface area contributed by atoms with Crippen LogP contribution in [0.4, 0.5) is 0 Å². The fraction of sp³-hybridized carbons (Fsp3) is 0.767. The summed E-state index contributed by atoms with van der Waals surface area (Å²) in [7, 11) is 0. The number of benzene rings is 1. The van der Waals surface area contributed by atoms with Crippen molar-refractivity contribution in [3.63, 3.8) is 0 Å². The lowest BCUT2D eigenvalue weighted by molar-refractivity contribution is -0.151. The summed E-state index contributed by atoms with van der Waals surface area (Å²) in [4.78, 5) is 12.6. The zero-order valence-electron chi connectivity index (χ0n) is 21.2. The van der Waals surface area contributed by atoms with Crippen molar-refractivity contribution in [3.05, 3.63) is 29.8 Å². The van der Waals surface area contributed by atoms with Crippen LogP contribution in [0.25, 0.3) is 0 Å². The van der Waals surface area contributed by atoms with Crippen LogP contribution < -0.4 is 4.74 Å². The first kappa shape index (κ1) is 26.1. The normalized spacial score (nSPS) is 21.6. The molecule has 0 aromatic heterocycles. The fourth-order valence-corrected chi connectivity index (χ4v) is 5.62. The lowest BCUT2D eigenvalue weighted by Gasteiger charge is -2.32. The average molecular weight is 457 g/mol. The molecule has 1 aromatic rings. The molecule has 3 nitrogen and oxygen atoms in total. The summed E-state index contributed by atoms with van der Waals surface area (Å²) >= 11 is 0. The average Bonchev–Trinajstić information content (AvgIpc) is 2.84. The molecule has 0 heterocycles. The Morgan fingerprint density at radius 3 is 2.24 bits per heavy atom. The van der Waals surface area contributed by atoms with E-state index in [1.165, 1.54) is 89.0 Å². The van der Waals surface area contributed by atoms with Gasteiger partial charge in [-0.2, -0.15) is 0 Å². The lowest BCUT2D eigenvalue weighted by Crippen LogP contribution is -2.28. The van der Waals surface area contributed by atoms with E-state index in [4.69, 9.17) is 9.47 Å². The minimum Gasteiger partial charge on any atom is -0.490 e. The first-order valence-corrected chi connectivity index (χ1v) is 14.2. The van der Waals surface area contributed by atoms with Gasteiger partial charge in [0.2, 0.25) is 0 Å². The monoisotopic (exact) mass is 456 g/mol. The van der Waals surface area contributed by atoms with Crippen molar-refractivity contribution in [1.29, 1.82) is 0 Å². The molecular formula is C30H48O3. The van der Waals surface area contributed by atoms with Crippen LogP contribution in [0, 0.1) is 0 Å². The summed E-state index contributed by atoms with van der Waals surface area (Å²) in [6, 6.07) is 8.62. The van der Waals surface area contributed by atoms with Gasteiger partial charge in [-0.1, -0.05) is 83.3 Å². The van der Waals surface area contributed by atoms with Crippen molar-refractivity contribution in [3.8, 4) is 5.75 Å². The predicted octanol–water partition coefficient (Wildman–Crippen LogP) is 8.89. The predicted molar refractivity (Wildman–Crippen MR) is 137 cm³/mol. The number of carbonyl (C=O) groups is 1. The molecule has 186 valence electrons. The molecule has 2 saturated carbocycles. The Bertz CT molecular complexity index is 664. The third kappa shape index (κ3) is 9.71. The first-order valence-electron chi connectivity index (χ1n) is 14.2. The molecule has 0 N–H and O–H groups in total. The van der Waals surface area contributed by atoms with E-state index in [9.17, 15) is 4.79 Å². The van der Waals surface area contributed by atoms with Gasteiger partial charge in [-0.15, -0.1) is 0 Å². The highest BCUT2D eigenvalue weighted by Gasteiger charge is 2.30. The maximum atomic E-state index is 12.6. The second-order valence-corrected chi connectivity index (χ2v) is 10.4. The summed E-state index contributed by atoms with van der Waals surface area (Å²) in [5.41, 5.74) is 1.28. The van der Waals surface area contributed by atoms with Gasteiger partial charge in [0.05, 0.1) is 6.10 Å². The van der Waals surface area contributed by atoms with Gasteiger partial charge in [0, 0.05) is 12.3 Å². The maximum absolute atomic E-state index is 12.6. The Morgan fingerprint density at radius 2 is 1.48 bits per heavy atom. The van der Waals surface area contributed by atoms with Gasteiger partial charge in [0.1, 0.15) is 11.9 Å². The van der Waals surface area contributed by atoms with Crippen LogP contribution in [0.2, 0.25) is 0 Å². The summed E-state index contributed by atoms with van der Waals surface area (Å²) < 4.78 is 12.3. The number of unbranched alkanes of at least 4 members (excludes halogenated alkanes) is 8. The highest BCUT2D eigenvalue weighted by Crippen LogP contribution is 2.37. The van der Waals surface area contributed by atoms with E-state index in [2.05, 4.69) is 31.2 Å². The van der Waals surface area contributed by atoms with E-state index in [1.54, 1.807) is 0 Å². The SMILES string of the molecule is CCCCCCCCCCCC(=O)O[C@H]1CCCC[C@@H]1c1cccc(OC2CCCCC2)c1. The largest absolute Gasteiger partial charge is 0.490 e. The molecule has 2 aliphatic carbocycles. The Balaban J connectivity index is 1.40. The molecule has 0 spiro atoms. The van der Waals surface area contributed by atoms with Crippen LogP contribution in [0.3, 0.4) is 0 Å². The summed E-state index contributed by atoms with van der Waals surface area (Å²) in [5.74, 6) is 1.30. The Labute approximate surface area is 203 Å². The first-order chi connectivity index (χ1) is 16.3. The molecule has 0 unspecified atom stereocenters. The zero-order chi connectivity index (χ0) is 23.1. The van der Waals surface area contributed by atoms with Crippen LogP contribution in [-0.2, 0) is 9.53 Å². The number of hydrogen-bond acceptors (Lipinski definition) is 3. The third-order valence-corrected chi connectivity index (χ3v) is 7.61. The van der Waals surface area contributed by atoms with Crippen molar-refractivity contribution in [1.82, 2.24) is 0 Å². The van der Waals surface area contributed by atoms with Crippen molar-refractivity contribution >= 4 is 5.97 Å². The smallest absolute Gasteiger partial charge is 0.306 e. The molecule has 0 saturated heterocycles. The minimum absolute atomic E-state index is 0.00413. The molecule has 33 heavy (non-hydrogen) atoms. The molecule has 0 bridgehead atoms. The molecule has 2 aliphatic rings. The van der Waals surface area contributed by atoms with E-state index in [0.29, 0.717) is 18.4 Å². The van der Waals surface area contributed by atoms with Crippen LogP contribution in [0.5, 0.6) is 5.75 Å². The van der Waals surface area contributed by atoms with Crippen molar-refractivity contribution in [2.45, 2.75) is 147 Å². The van der Waals surface area contributed by atoms with Gasteiger partial charge in [-0.25, -0.2) is 0 Å². The topological polar surface area (TPSA) is 35.5 Å². The van der Waals surface area contributed by atoms with E-state index in [0.717, 1.165) is 37.9 Å². The fourth-order valence-electron chi connectivity index (χ4n) is 5.62. The van der Waals surface area contributed by atoms with Gasteiger partial charge in [-0.05, 0) is 69.1 Å².